The standard InChI is InChI=1S/CH2N2.CH4.2ClH/c1-3-2;;;/h1H2;1H4;2*1H. The maximum absolute atomic E-state index is 7.08. The van der Waals surface area contributed by atoms with Crippen molar-refractivity contribution in [3.63, 3.8) is 0 Å². The van der Waals surface area contributed by atoms with Crippen molar-refractivity contribution in [3.8, 4) is 0 Å². The van der Waals surface area contributed by atoms with Gasteiger partial charge in [-0.2, -0.15) is 4.79 Å². The summed E-state index contributed by atoms with van der Waals surface area (Å²) >= 11 is 0. The summed E-state index contributed by atoms with van der Waals surface area (Å²) in [5, 5.41) is 0. The van der Waals surface area contributed by atoms with Crippen LogP contribution in [-0.4, -0.2) is 11.5 Å². The second kappa shape index (κ2) is 84.4. The lowest BCUT2D eigenvalue weighted by atomic mass is 11.8. The third-order valence-electron chi connectivity index (χ3n) is 0. The van der Waals surface area contributed by atoms with E-state index in [1.54, 1.807) is 0 Å². The number of hydrogen-bond donors (Lipinski definition) is 0. The van der Waals surface area contributed by atoms with Crippen LogP contribution >= 0.6 is 24.8 Å². The van der Waals surface area contributed by atoms with Crippen LogP contribution < -0.4 is 0 Å². The highest BCUT2D eigenvalue weighted by Crippen LogP contribution is 0.902. The van der Waals surface area contributed by atoms with E-state index >= 15 is 0 Å². The summed E-state index contributed by atoms with van der Waals surface area (Å²) in [5.41, 5.74) is 7.08. The van der Waals surface area contributed by atoms with Gasteiger partial charge in [-0.3, -0.25) is 0 Å². The van der Waals surface area contributed by atoms with E-state index in [1.165, 1.54) is 0 Å². The van der Waals surface area contributed by atoms with Crippen molar-refractivity contribution in [2.24, 2.45) is 0 Å². The van der Waals surface area contributed by atoms with Crippen molar-refractivity contribution in [3.05, 3.63) is 5.53 Å². The van der Waals surface area contributed by atoms with Crippen LogP contribution in [0.4, 0.5) is 0 Å². The molecule has 4 heteroatoms. The van der Waals surface area contributed by atoms with Gasteiger partial charge < -0.3 is 5.53 Å². The maximum Gasteiger partial charge on any atom is 0.245 e. The van der Waals surface area contributed by atoms with Gasteiger partial charge in [0.05, 0.1) is 0 Å². The molecule has 0 saturated carbocycles. The van der Waals surface area contributed by atoms with Crippen LogP contribution in [0.5, 0.6) is 0 Å². The summed E-state index contributed by atoms with van der Waals surface area (Å²) in [6.45, 7) is 2.67. The summed E-state index contributed by atoms with van der Waals surface area (Å²) < 4.78 is 0. The molecule has 0 unspecified atom stereocenters. The average molecular weight is 131 g/mol. The topological polar surface area (TPSA) is 36.4 Å². The Kier molecular flexibility index (Phi) is 537. The predicted molar refractivity (Wildman–Crippen MR) is 32.0 cm³/mol. The van der Waals surface area contributed by atoms with Crippen LogP contribution in [0.15, 0.2) is 0 Å². The molecule has 2 nitrogen and oxygen atoms in total. The Bertz CT molecular complexity index is 30.5. The number of hydrogen-bond acceptors (Lipinski definition) is 0. The minimum absolute atomic E-state index is 0. The first kappa shape index (κ1) is 38.2. The molecule has 0 rings (SSSR count). The lowest BCUT2D eigenvalue weighted by molar-refractivity contribution is 0.0110. The van der Waals surface area contributed by atoms with Crippen molar-refractivity contribution in [2.45, 2.75) is 7.43 Å². The highest BCUT2D eigenvalue weighted by molar-refractivity contribution is 5.85. The molecule has 40 valence electrons. The average Bonchev–Trinajstić information content (AvgIpc) is 0.918. The first-order valence-corrected chi connectivity index (χ1v) is 0.516. The first-order valence-electron chi connectivity index (χ1n) is 0.516. The maximum atomic E-state index is 7.08. The van der Waals surface area contributed by atoms with Crippen molar-refractivity contribution in [2.75, 3.05) is 0 Å². The Labute approximate surface area is 50.0 Å². The highest BCUT2D eigenvalue weighted by Gasteiger charge is 0.932. The largest absolute Gasteiger partial charge is 0.362 e. The molecule has 0 fully saturated rings. The smallest absolute Gasteiger partial charge is 0.245 e. The molecule has 0 amide bonds. The second-order valence-corrected chi connectivity index (χ2v) is 0.141. The van der Waals surface area contributed by atoms with Gasteiger partial charge in [0.15, 0.2) is 0 Å². The van der Waals surface area contributed by atoms with Crippen LogP contribution in [0.25, 0.3) is 5.53 Å². The van der Waals surface area contributed by atoms with Crippen LogP contribution in [0.3, 0.4) is 0 Å². The predicted octanol–water partition coefficient (Wildman–Crippen LogP) is 1.40. The van der Waals surface area contributed by atoms with E-state index in [4.69, 9.17) is 5.53 Å². The van der Waals surface area contributed by atoms with Crippen LogP contribution in [-0.2, 0) is 0 Å². The van der Waals surface area contributed by atoms with E-state index < -0.39 is 0 Å². The molecule has 0 aliphatic heterocycles. The Hall–Kier alpha value is -0.0400. The summed E-state index contributed by atoms with van der Waals surface area (Å²) in [7, 11) is 0. The summed E-state index contributed by atoms with van der Waals surface area (Å²) in [4.78, 5) is 2.25. The summed E-state index contributed by atoms with van der Waals surface area (Å²) in [5.74, 6) is 0. The molecule has 0 aliphatic rings. The zero-order chi connectivity index (χ0) is 2.71. The fourth-order valence-corrected chi connectivity index (χ4v) is 0. The lowest BCUT2D eigenvalue weighted by Gasteiger charge is -1.16. The molecule has 0 aromatic heterocycles. The zero-order valence-corrected chi connectivity index (χ0v) is 4.05. The van der Waals surface area contributed by atoms with Gasteiger partial charge in [0.2, 0.25) is 6.72 Å². The molecule has 0 bridgehead atoms. The molecule has 0 saturated heterocycles. The van der Waals surface area contributed by atoms with Gasteiger partial charge in [-0.15, -0.1) is 24.8 Å². The van der Waals surface area contributed by atoms with E-state index in [1.807, 2.05) is 0 Å². The number of nitrogens with zero attached hydrogens (tertiary/aromatic N) is 2. The molecule has 0 spiro atoms. The SMILES string of the molecule is C.C=[N+]=[N-].Cl.Cl. The van der Waals surface area contributed by atoms with Crippen molar-refractivity contribution < 1.29 is 4.79 Å². The van der Waals surface area contributed by atoms with Crippen LogP contribution in [0, 0.1) is 0 Å². The quantitative estimate of drug-likeness (QED) is 0.270. The minimum atomic E-state index is 0. The van der Waals surface area contributed by atoms with Gasteiger partial charge in [-0.25, -0.2) is 0 Å². The Morgan fingerprint density at radius 1 is 1.33 bits per heavy atom. The Morgan fingerprint density at radius 3 is 1.33 bits per heavy atom. The van der Waals surface area contributed by atoms with E-state index in [2.05, 4.69) is 11.5 Å². The van der Waals surface area contributed by atoms with Gasteiger partial charge in [0, 0.05) is 0 Å². The molecular formula is C2H8Cl2N2. The molecule has 0 aromatic carbocycles. The molecule has 6 heavy (non-hydrogen) atoms. The summed E-state index contributed by atoms with van der Waals surface area (Å²) in [6.07, 6.45) is 0. The fraction of sp³-hybridized carbons (Fsp3) is 0.500. The van der Waals surface area contributed by atoms with Crippen LogP contribution in [0.1, 0.15) is 7.43 Å². The molecule has 0 atom stereocenters. The zero-order valence-electron chi connectivity index (χ0n) is 2.42. The minimum Gasteiger partial charge on any atom is -0.362 e. The third-order valence-corrected chi connectivity index (χ3v) is 0. The van der Waals surface area contributed by atoms with Gasteiger partial charge in [0.1, 0.15) is 0 Å². The van der Waals surface area contributed by atoms with Crippen molar-refractivity contribution in [1.82, 2.24) is 0 Å². The van der Waals surface area contributed by atoms with Gasteiger partial charge in [-0.05, 0) is 0 Å². The van der Waals surface area contributed by atoms with E-state index in [-0.39, 0.29) is 32.2 Å². The number of halogens is 2. The molecule has 0 N–H and O–H groups in total. The van der Waals surface area contributed by atoms with Gasteiger partial charge in [-0.1, -0.05) is 7.43 Å². The van der Waals surface area contributed by atoms with Crippen molar-refractivity contribution >= 4 is 31.5 Å². The lowest BCUT2D eigenvalue weighted by Crippen LogP contribution is -1.21. The molecular weight excluding hydrogens is 123 g/mol. The number of rotatable bonds is 0. The van der Waals surface area contributed by atoms with Gasteiger partial charge in [0.25, 0.3) is 0 Å². The van der Waals surface area contributed by atoms with Gasteiger partial charge >= 0.3 is 0 Å². The van der Waals surface area contributed by atoms with Crippen molar-refractivity contribution in [1.29, 1.82) is 0 Å². The summed E-state index contributed by atoms with van der Waals surface area (Å²) in [6, 6.07) is 0. The fourth-order valence-electron chi connectivity index (χ4n) is 0. The second-order valence-electron chi connectivity index (χ2n) is 0.141. The van der Waals surface area contributed by atoms with E-state index in [9.17, 15) is 0 Å². The Balaban J connectivity index is -0.00000000667. The molecule has 0 heterocycles. The molecule has 0 aromatic rings. The highest BCUT2D eigenvalue weighted by atomic mass is 35.5. The molecule has 0 radical (unpaired) electrons. The van der Waals surface area contributed by atoms with E-state index in [0.717, 1.165) is 0 Å². The first-order chi connectivity index (χ1) is 1.41. The Morgan fingerprint density at radius 2 is 1.33 bits per heavy atom. The van der Waals surface area contributed by atoms with E-state index in [0.29, 0.717) is 0 Å². The third kappa shape index (κ3) is 21700. The normalized spacial score (nSPS) is 1.33. The molecule has 0 aliphatic carbocycles. The van der Waals surface area contributed by atoms with Crippen LogP contribution in [0.2, 0.25) is 0 Å². The monoisotopic (exact) mass is 130 g/mol.